The molecule has 162 valence electrons. The van der Waals surface area contributed by atoms with Gasteiger partial charge in [-0.25, -0.2) is 14.4 Å². The van der Waals surface area contributed by atoms with E-state index in [0.29, 0.717) is 28.4 Å². The quantitative estimate of drug-likeness (QED) is 0.537. The maximum absolute atomic E-state index is 14.4. The molecular weight excluding hydrogens is 399 g/mol. The molecule has 9 nitrogen and oxygen atoms in total. The number of benzene rings is 1. The van der Waals surface area contributed by atoms with Crippen molar-refractivity contribution in [2.75, 3.05) is 30.8 Å². The van der Waals surface area contributed by atoms with E-state index in [1.54, 1.807) is 0 Å². The summed E-state index contributed by atoms with van der Waals surface area (Å²) in [7, 11) is 1.42. The van der Waals surface area contributed by atoms with Gasteiger partial charge in [0, 0.05) is 42.7 Å². The fraction of sp³-hybridized carbons (Fsp3) is 0.429. The van der Waals surface area contributed by atoms with Gasteiger partial charge in [0.2, 0.25) is 5.95 Å². The molecule has 0 bridgehead atoms. The van der Waals surface area contributed by atoms with E-state index in [4.69, 9.17) is 15.5 Å². The Kier molecular flexibility index (Phi) is 4.64. The first-order chi connectivity index (χ1) is 14.9. The fourth-order valence-corrected chi connectivity index (χ4v) is 4.17. The maximum Gasteiger partial charge on any atom is 0.223 e. The van der Waals surface area contributed by atoms with Gasteiger partial charge in [-0.3, -0.25) is 4.68 Å². The van der Waals surface area contributed by atoms with Crippen LogP contribution in [0.4, 0.5) is 16.0 Å². The highest BCUT2D eigenvalue weighted by Gasteiger charge is 2.27. The highest BCUT2D eigenvalue weighted by Crippen LogP contribution is 2.31. The number of methoxy groups -OCH3 is 1. The smallest absolute Gasteiger partial charge is 0.223 e. The summed E-state index contributed by atoms with van der Waals surface area (Å²) in [6, 6.07) is 3.23. The Labute approximate surface area is 178 Å². The van der Waals surface area contributed by atoms with Gasteiger partial charge in [0.05, 0.1) is 24.5 Å². The number of fused-ring (bicyclic) bond motifs is 3. The second kappa shape index (κ2) is 7.36. The van der Waals surface area contributed by atoms with Crippen LogP contribution in [0.2, 0.25) is 0 Å². The highest BCUT2D eigenvalue weighted by atomic mass is 19.1. The van der Waals surface area contributed by atoms with Gasteiger partial charge in [-0.05, 0) is 32.8 Å². The molecule has 1 aromatic carbocycles. The second-order valence-electron chi connectivity index (χ2n) is 8.24. The number of piperidine rings is 1. The van der Waals surface area contributed by atoms with Crippen LogP contribution in [0.5, 0.6) is 5.75 Å². The Bertz CT molecular complexity index is 1260. The molecule has 0 radical (unpaired) electrons. The molecule has 0 saturated carbocycles. The first-order valence-corrected chi connectivity index (χ1v) is 10.4. The summed E-state index contributed by atoms with van der Waals surface area (Å²) in [5, 5.41) is 9.65. The predicted molar refractivity (Wildman–Crippen MR) is 116 cm³/mol. The third-order valence-electron chi connectivity index (χ3n) is 5.86. The van der Waals surface area contributed by atoms with Crippen molar-refractivity contribution in [1.29, 1.82) is 0 Å². The number of anilines is 2. The Morgan fingerprint density at radius 3 is 2.84 bits per heavy atom. The summed E-state index contributed by atoms with van der Waals surface area (Å²) in [6.07, 6.45) is 5.98. The molecule has 0 amide bonds. The van der Waals surface area contributed by atoms with Crippen molar-refractivity contribution in [2.24, 2.45) is 0 Å². The molecule has 0 aliphatic carbocycles. The minimum atomic E-state index is -0.473. The first-order valence-electron chi connectivity index (χ1n) is 10.4. The Morgan fingerprint density at radius 1 is 1.26 bits per heavy atom. The summed E-state index contributed by atoms with van der Waals surface area (Å²) in [5.74, 6) is 0.681. The standard InChI is InChI=1S/C21H25FN8O/c1-12(2)29-11-14(9-24-29)28-6-4-5-13(10-28)19-26-20-15-7-16(22)18(31-3)8-17(15)25-21(23)30(20)27-19/h7-9,11-13H,4-6,10H2,1-3H3,(H2,23,25)/t13-/m1/s1. The Morgan fingerprint density at radius 2 is 2.10 bits per heavy atom. The molecule has 1 saturated heterocycles. The van der Waals surface area contributed by atoms with E-state index in [-0.39, 0.29) is 17.6 Å². The summed E-state index contributed by atoms with van der Waals surface area (Å²) < 4.78 is 22.9. The van der Waals surface area contributed by atoms with Crippen LogP contribution >= 0.6 is 0 Å². The van der Waals surface area contributed by atoms with Crippen LogP contribution in [0, 0.1) is 5.82 Å². The molecule has 5 rings (SSSR count). The molecule has 0 unspecified atom stereocenters. The molecular formula is C21H25FN8O. The van der Waals surface area contributed by atoms with E-state index in [1.165, 1.54) is 23.8 Å². The van der Waals surface area contributed by atoms with E-state index in [0.717, 1.165) is 31.6 Å². The van der Waals surface area contributed by atoms with E-state index in [9.17, 15) is 4.39 Å². The lowest BCUT2D eigenvalue weighted by Gasteiger charge is -2.32. The van der Waals surface area contributed by atoms with Gasteiger partial charge in [-0.1, -0.05) is 0 Å². The maximum atomic E-state index is 14.4. The largest absolute Gasteiger partial charge is 0.494 e. The van der Waals surface area contributed by atoms with Crippen LogP contribution < -0.4 is 15.4 Å². The van der Waals surface area contributed by atoms with Crippen LogP contribution in [0.15, 0.2) is 24.5 Å². The first kappa shape index (κ1) is 19.5. The van der Waals surface area contributed by atoms with E-state index in [1.807, 2.05) is 10.9 Å². The molecule has 31 heavy (non-hydrogen) atoms. The van der Waals surface area contributed by atoms with Crippen molar-refractivity contribution < 1.29 is 9.13 Å². The SMILES string of the molecule is COc1cc2nc(N)n3nc([C@@H]4CCCN(c5cnn(C(C)C)c5)C4)nc3c2cc1F. The lowest BCUT2D eigenvalue weighted by atomic mass is 9.97. The van der Waals surface area contributed by atoms with Crippen LogP contribution in [0.1, 0.15) is 44.5 Å². The molecule has 1 aliphatic rings. The minimum absolute atomic E-state index is 0.119. The number of nitrogens with zero attached hydrogens (tertiary/aromatic N) is 7. The van der Waals surface area contributed by atoms with Crippen LogP contribution in [-0.4, -0.2) is 49.6 Å². The van der Waals surface area contributed by atoms with Crippen molar-refractivity contribution in [3.8, 4) is 5.75 Å². The van der Waals surface area contributed by atoms with Gasteiger partial charge in [0.25, 0.3) is 0 Å². The van der Waals surface area contributed by atoms with Crippen molar-refractivity contribution >= 4 is 28.2 Å². The number of hydrogen-bond donors (Lipinski definition) is 1. The van der Waals surface area contributed by atoms with Gasteiger partial charge in [0.1, 0.15) is 0 Å². The van der Waals surface area contributed by atoms with E-state index in [2.05, 4.69) is 40.1 Å². The normalized spacial score (nSPS) is 17.2. The molecule has 1 atom stereocenters. The van der Waals surface area contributed by atoms with Gasteiger partial charge in [-0.2, -0.15) is 9.61 Å². The molecule has 3 aromatic heterocycles. The average molecular weight is 424 g/mol. The molecule has 1 aliphatic heterocycles. The Hall–Kier alpha value is -3.43. The molecule has 2 N–H and O–H groups in total. The van der Waals surface area contributed by atoms with E-state index < -0.39 is 5.82 Å². The fourth-order valence-electron chi connectivity index (χ4n) is 4.17. The number of rotatable bonds is 4. The minimum Gasteiger partial charge on any atom is -0.494 e. The van der Waals surface area contributed by atoms with Crippen molar-refractivity contribution in [3.05, 3.63) is 36.2 Å². The van der Waals surface area contributed by atoms with Crippen LogP contribution in [-0.2, 0) is 0 Å². The summed E-state index contributed by atoms with van der Waals surface area (Å²) in [6.45, 7) is 5.97. The van der Waals surface area contributed by atoms with Crippen LogP contribution in [0.25, 0.3) is 16.6 Å². The summed E-state index contributed by atoms with van der Waals surface area (Å²) in [5.41, 5.74) is 8.26. The molecule has 4 heterocycles. The number of halogens is 1. The van der Waals surface area contributed by atoms with Gasteiger partial charge in [0.15, 0.2) is 23.0 Å². The monoisotopic (exact) mass is 424 g/mol. The van der Waals surface area contributed by atoms with Gasteiger partial charge >= 0.3 is 0 Å². The van der Waals surface area contributed by atoms with Gasteiger partial charge < -0.3 is 15.4 Å². The average Bonchev–Trinajstić information content (AvgIpc) is 3.43. The zero-order valence-corrected chi connectivity index (χ0v) is 17.8. The van der Waals surface area contributed by atoms with Gasteiger partial charge in [-0.15, -0.1) is 5.10 Å². The lowest BCUT2D eigenvalue weighted by molar-refractivity contribution is 0.387. The second-order valence-corrected chi connectivity index (χ2v) is 8.24. The lowest BCUT2D eigenvalue weighted by Crippen LogP contribution is -2.34. The van der Waals surface area contributed by atoms with E-state index >= 15 is 0 Å². The summed E-state index contributed by atoms with van der Waals surface area (Å²) in [4.78, 5) is 11.4. The summed E-state index contributed by atoms with van der Waals surface area (Å²) >= 11 is 0. The predicted octanol–water partition coefficient (Wildman–Crippen LogP) is 3.17. The number of aromatic nitrogens is 6. The van der Waals surface area contributed by atoms with Crippen LogP contribution in [0.3, 0.4) is 0 Å². The molecule has 1 fully saturated rings. The number of nitrogen functional groups attached to an aromatic ring is 1. The highest BCUT2D eigenvalue weighted by molar-refractivity contribution is 5.93. The number of ether oxygens (including phenoxy) is 1. The van der Waals surface area contributed by atoms with Crippen molar-refractivity contribution in [1.82, 2.24) is 29.4 Å². The molecule has 10 heteroatoms. The molecule has 0 spiro atoms. The third kappa shape index (κ3) is 3.31. The number of nitrogens with two attached hydrogens (primary N) is 1. The Balaban J connectivity index is 1.51. The van der Waals surface area contributed by atoms with Crippen molar-refractivity contribution in [3.63, 3.8) is 0 Å². The van der Waals surface area contributed by atoms with Crippen molar-refractivity contribution in [2.45, 2.75) is 38.6 Å². The zero-order chi connectivity index (χ0) is 21.7. The third-order valence-corrected chi connectivity index (χ3v) is 5.86. The zero-order valence-electron chi connectivity index (χ0n) is 17.8. The molecule has 4 aromatic rings. The number of hydrogen-bond acceptors (Lipinski definition) is 7. The topological polar surface area (TPSA) is 99.4 Å².